The standard InChI is InChI=1S/C42H40O18/c1-21(43)52-29-12-7-27(8-13-29)9-16-37(50)51-20-36-39(55-24(4)46)40(56-25(5)47)41(57-26(6)48)42(60-36)58-31-17-34(54-23(3)45)38-32(49)19-33(59-35(38)18-31)28-10-14-30(15-11-28)53-22(2)44/h7-18,33,36,39-42H,19-20H2,1-6H3/b16-9+/t33-,36?,39?,40?,41?,42?/m0/s1. The van der Waals surface area contributed by atoms with Crippen LogP contribution in [0.2, 0.25) is 0 Å². The molecule has 6 atom stereocenters. The van der Waals surface area contributed by atoms with Gasteiger partial charge in [-0.25, -0.2) is 4.79 Å². The summed E-state index contributed by atoms with van der Waals surface area (Å²) in [4.78, 5) is 98.5. The number of carbonyl (C=O) groups excluding carboxylic acids is 8. The molecule has 0 saturated carbocycles. The molecule has 2 aliphatic heterocycles. The molecular formula is C42H40O18. The number of Topliss-reactive ketones (excluding diaryl/α,β-unsaturated/α-hetero) is 1. The third-order valence-electron chi connectivity index (χ3n) is 8.42. The molecule has 0 amide bonds. The molecule has 0 spiro atoms. The molecule has 0 bridgehead atoms. The van der Waals surface area contributed by atoms with Crippen LogP contribution in [-0.4, -0.2) is 84.9 Å². The van der Waals surface area contributed by atoms with Crippen molar-refractivity contribution in [2.45, 2.75) is 84.8 Å². The molecule has 0 radical (unpaired) electrons. The van der Waals surface area contributed by atoms with E-state index in [1.807, 2.05) is 0 Å². The average molecular weight is 833 g/mol. The van der Waals surface area contributed by atoms with Crippen molar-refractivity contribution in [3.05, 3.63) is 83.4 Å². The van der Waals surface area contributed by atoms with Gasteiger partial charge in [-0.05, 0) is 41.5 Å². The number of ketones is 1. The highest BCUT2D eigenvalue weighted by Gasteiger charge is 2.53. The van der Waals surface area contributed by atoms with E-state index in [1.165, 1.54) is 56.3 Å². The Balaban J connectivity index is 1.46. The molecule has 60 heavy (non-hydrogen) atoms. The van der Waals surface area contributed by atoms with E-state index in [-0.39, 0.29) is 35.0 Å². The van der Waals surface area contributed by atoms with E-state index in [0.717, 1.165) is 33.8 Å². The molecule has 0 aliphatic carbocycles. The van der Waals surface area contributed by atoms with E-state index in [0.29, 0.717) is 16.9 Å². The van der Waals surface area contributed by atoms with Crippen LogP contribution in [-0.2, 0) is 57.2 Å². The SMILES string of the molecule is CC(=O)Oc1ccc(/C=C/C(=O)OCC2OC(Oc3cc(OC(C)=O)c4c(c3)O[C@H](c3ccc(OC(C)=O)cc3)CC4=O)C(OC(C)=O)C(OC(C)=O)C2OC(C)=O)cc1. The second-order valence-corrected chi connectivity index (χ2v) is 13.3. The molecule has 1 saturated heterocycles. The minimum Gasteiger partial charge on any atom is -0.484 e. The first kappa shape index (κ1) is 44.0. The van der Waals surface area contributed by atoms with E-state index in [9.17, 15) is 38.4 Å². The maximum Gasteiger partial charge on any atom is 0.330 e. The van der Waals surface area contributed by atoms with Gasteiger partial charge in [-0.15, -0.1) is 0 Å². The van der Waals surface area contributed by atoms with E-state index >= 15 is 0 Å². The van der Waals surface area contributed by atoms with Gasteiger partial charge in [0.25, 0.3) is 0 Å². The van der Waals surface area contributed by atoms with Gasteiger partial charge in [-0.2, -0.15) is 0 Å². The Kier molecular flexibility index (Phi) is 14.4. The monoisotopic (exact) mass is 832 g/mol. The lowest BCUT2D eigenvalue weighted by Crippen LogP contribution is -2.63. The molecule has 2 aliphatic rings. The Bertz CT molecular complexity index is 2170. The van der Waals surface area contributed by atoms with Gasteiger partial charge in [0.05, 0.1) is 6.42 Å². The molecule has 2 heterocycles. The Morgan fingerprint density at radius 1 is 0.650 bits per heavy atom. The minimum atomic E-state index is -1.70. The lowest BCUT2D eigenvalue weighted by Gasteiger charge is -2.44. The zero-order chi connectivity index (χ0) is 43.7. The van der Waals surface area contributed by atoms with Crippen LogP contribution >= 0.6 is 0 Å². The zero-order valence-corrected chi connectivity index (χ0v) is 33.2. The van der Waals surface area contributed by atoms with Crippen LogP contribution in [0.5, 0.6) is 28.7 Å². The van der Waals surface area contributed by atoms with Crippen LogP contribution in [0.4, 0.5) is 0 Å². The van der Waals surface area contributed by atoms with Crippen molar-refractivity contribution < 1.29 is 85.7 Å². The first-order valence-electron chi connectivity index (χ1n) is 18.3. The first-order valence-corrected chi connectivity index (χ1v) is 18.3. The predicted octanol–water partition coefficient (Wildman–Crippen LogP) is 4.32. The fraction of sp³-hybridized carbons (Fsp3) is 0.333. The minimum absolute atomic E-state index is 0.0680. The van der Waals surface area contributed by atoms with Crippen LogP contribution < -0.4 is 23.7 Å². The summed E-state index contributed by atoms with van der Waals surface area (Å²) < 4.78 is 56.0. The van der Waals surface area contributed by atoms with Crippen LogP contribution in [0.1, 0.15) is 75.6 Å². The molecule has 316 valence electrons. The number of rotatable bonds is 13. The zero-order valence-electron chi connectivity index (χ0n) is 33.2. The van der Waals surface area contributed by atoms with Crippen molar-refractivity contribution in [2.24, 2.45) is 0 Å². The fourth-order valence-electron chi connectivity index (χ4n) is 6.21. The summed E-state index contributed by atoms with van der Waals surface area (Å²) in [5.74, 6) is -5.63. The number of fused-ring (bicyclic) bond motifs is 1. The maximum absolute atomic E-state index is 13.6. The Labute approximate surface area is 342 Å². The molecule has 18 heteroatoms. The molecule has 0 N–H and O–H groups in total. The third kappa shape index (κ3) is 12.0. The highest BCUT2D eigenvalue weighted by atomic mass is 16.7. The van der Waals surface area contributed by atoms with Crippen LogP contribution in [0.25, 0.3) is 6.08 Å². The highest BCUT2D eigenvalue weighted by Crippen LogP contribution is 2.44. The largest absolute Gasteiger partial charge is 0.484 e. The van der Waals surface area contributed by atoms with E-state index in [4.69, 9.17) is 47.4 Å². The van der Waals surface area contributed by atoms with Crippen LogP contribution in [0.3, 0.4) is 0 Å². The molecule has 0 aromatic heterocycles. The summed E-state index contributed by atoms with van der Waals surface area (Å²) in [7, 11) is 0. The van der Waals surface area contributed by atoms with Crippen molar-refractivity contribution >= 4 is 53.6 Å². The molecule has 5 rings (SSSR count). The molecule has 5 unspecified atom stereocenters. The summed E-state index contributed by atoms with van der Waals surface area (Å²) in [6, 6.07) is 15.0. The second-order valence-electron chi connectivity index (χ2n) is 13.3. The van der Waals surface area contributed by atoms with Gasteiger partial charge in [-0.3, -0.25) is 33.6 Å². The van der Waals surface area contributed by atoms with Crippen molar-refractivity contribution in [2.75, 3.05) is 6.61 Å². The summed E-state index contributed by atoms with van der Waals surface area (Å²) >= 11 is 0. The van der Waals surface area contributed by atoms with Crippen molar-refractivity contribution in [3.8, 4) is 28.7 Å². The lowest BCUT2D eigenvalue weighted by atomic mass is 9.95. The number of esters is 7. The third-order valence-corrected chi connectivity index (χ3v) is 8.42. The van der Waals surface area contributed by atoms with Gasteiger partial charge in [-0.1, -0.05) is 24.3 Å². The summed E-state index contributed by atoms with van der Waals surface area (Å²) in [6.07, 6.45) is -6.35. The van der Waals surface area contributed by atoms with Gasteiger partial charge in [0.2, 0.25) is 12.4 Å². The van der Waals surface area contributed by atoms with Gasteiger partial charge in [0.1, 0.15) is 53.1 Å². The topological polar surface area (TPSA) is 229 Å². The number of ether oxygens (including phenoxy) is 10. The lowest BCUT2D eigenvalue weighted by molar-refractivity contribution is -0.288. The average Bonchev–Trinajstić information content (AvgIpc) is 3.15. The Hall–Kier alpha value is -7.08. The Morgan fingerprint density at radius 3 is 1.77 bits per heavy atom. The molecule has 18 nitrogen and oxygen atoms in total. The summed E-state index contributed by atoms with van der Waals surface area (Å²) in [5, 5.41) is 0. The first-order chi connectivity index (χ1) is 28.4. The number of hydrogen-bond donors (Lipinski definition) is 0. The van der Waals surface area contributed by atoms with Gasteiger partial charge in [0.15, 0.2) is 18.0 Å². The van der Waals surface area contributed by atoms with Gasteiger partial charge < -0.3 is 47.4 Å². The Morgan fingerprint density at radius 2 is 1.20 bits per heavy atom. The normalized spacial score (nSPS) is 20.7. The van der Waals surface area contributed by atoms with Crippen LogP contribution in [0.15, 0.2) is 66.7 Å². The van der Waals surface area contributed by atoms with Crippen molar-refractivity contribution in [1.82, 2.24) is 0 Å². The van der Waals surface area contributed by atoms with Gasteiger partial charge >= 0.3 is 41.8 Å². The number of hydrogen-bond acceptors (Lipinski definition) is 18. The predicted molar refractivity (Wildman–Crippen MR) is 202 cm³/mol. The molecule has 3 aromatic carbocycles. The molecule has 1 fully saturated rings. The van der Waals surface area contributed by atoms with Crippen LogP contribution in [0, 0.1) is 0 Å². The summed E-state index contributed by atoms with van der Waals surface area (Å²) in [5.41, 5.74) is 1.02. The van der Waals surface area contributed by atoms with Crippen molar-refractivity contribution in [3.63, 3.8) is 0 Å². The quantitative estimate of drug-likeness (QED) is 0.101. The molecular weight excluding hydrogens is 792 g/mol. The number of carbonyl (C=O) groups is 8. The van der Waals surface area contributed by atoms with E-state index < -0.39 is 91.0 Å². The fourth-order valence-corrected chi connectivity index (χ4v) is 6.21. The summed E-state index contributed by atoms with van der Waals surface area (Å²) in [6.45, 7) is 6.19. The van der Waals surface area contributed by atoms with Gasteiger partial charge in [0, 0.05) is 59.8 Å². The smallest absolute Gasteiger partial charge is 0.330 e. The van der Waals surface area contributed by atoms with E-state index in [2.05, 4.69) is 0 Å². The highest BCUT2D eigenvalue weighted by molar-refractivity contribution is 6.03. The molecule has 3 aromatic rings. The van der Waals surface area contributed by atoms with E-state index in [1.54, 1.807) is 24.3 Å². The second kappa shape index (κ2) is 19.6. The maximum atomic E-state index is 13.6. The number of benzene rings is 3. The van der Waals surface area contributed by atoms with Crippen molar-refractivity contribution in [1.29, 1.82) is 0 Å².